The first-order valence-electron chi connectivity index (χ1n) is 28.4. The van der Waals surface area contributed by atoms with Crippen LogP contribution in [0.15, 0.2) is 0 Å². The second kappa shape index (κ2) is 42.8. The summed E-state index contributed by atoms with van der Waals surface area (Å²) < 4.78 is 1.68. The van der Waals surface area contributed by atoms with E-state index in [2.05, 4.69) is 47.9 Å². The third kappa shape index (κ3) is 24.2. The molecule has 534 valence electrons. The fraction of sp³-hybridized carbons (Fsp3) is 0.500. The molecule has 6 unspecified atom stereocenters. The average Bonchev–Trinajstić information content (AvgIpc) is 0.795. The predicted molar refractivity (Wildman–Crippen MR) is 422 cm³/mol. The molecule has 3 aromatic carbocycles. The van der Waals surface area contributed by atoms with E-state index < -0.39 is 149 Å². The van der Waals surface area contributed by atoms with Gasteiger partial charge < -0.3 is 124 Å². The molecule has 4 rings (SSSR count). The van der Waals surface area contributed by atoms with Gasteiger partial charge >= 0.3 is 0 Å². The van der Waals surface area contributed by atoms with E-state index in [1.165, 1.54) is 14.7 Å². The Kier molecular flexibility index (Phi) is 38.7. The minimum atomic E-state index is -1.34. The van der Waals surface area contributed by atoms with Crippen LogP contribution in [0.25, 0.3) is 0 Å². The van der Waals surface area contributed by atoms with Crippen LogP contribution in [-0.4, -0.2) is 304 Å². The lowest BCUT2D eigenvalue weighted by molar-refractivity contribution is -0.132. The number of halogens is 9. The molecular weight excluding hydrogens is 2290 g/mol. The smallest absolute Gasteiger partial charge is 0.253 e. The molecule has 1 saturated heterocycles. The Bertz CT molecular complexity index is 2830. The third-order valence-electron chi connectivity index (χ3n) is 13.8. The van der Waals surface area contributed by atoms with Gasteiger partial charge in [-0.2, -0.15) is 0 Å². The standard InChI is InChI=1S/C54H69I9N12O21/c55-37-31(49(91)67-7-22(82)16-76)40(58)46(41(59)32(37)50(92)68-8-23(83)17-77)64-13-28(88)73-1-2-74(29(89)14-65-47-42(60)33(51(93)69-9-24(84)18-78)38(56)34(43(47)61)52(94)70-10-25(85)19-79)5-6-75(4-3-73)30(90)15-66-48-44(62)35(53(95)71-11-26(86)20-80)39(57)36(45(48)63)54(96)72-12-27(87)21-81/h22-27,64-66,76-87H,1-21H2,(H,67,91)(H,68,92)(H,69,93)(H,70,94)(H,71,95)(H,72,96). The molecule has 0 aliphatic carbocycles. The number of benzene rings is 3. The second-order valence-corrected chi connectivity index (χ2v) is 30.4. The van der Waals surface area contributed by atoms with Gasteiger partial charge in [-0.25, -0.2) is 0 Å². The molecule has 1 fully saturated rings. The number of aliphatic hydroxyl groups excluding tert-OH is 12. The molecule has 3 aromatic rings. The summed E-state index contributed by atoms with van der Waals surface area (Å²) in [4.78, 5) is 131. The van der Waals surface area contributed by atoms with E-state index in [-0.39, 0.29) is 161 Å². The largest absolute Gasteiger partial charge is 0.394 e. The molecule has 1 heterocycles. The Morgan fingerprint density at radius 3 is 0.562 bits per heavy atom. The minimum Gasteiger partial charge on any atom is -0.394 e. The van der Waals surface area contributed by atoms with Crippen LogP contribution in [0.3, 0.4) is 0 Å². The van der Waals surface area contributed by atoms with Gasteiger partial charge in [0.05, 0.1) is 168 Å². The fourth-order valence-electron chi connectivity index (χ4n) is 8.47. The first-order chi connectivity index (χ1) is 45.3. The van der Waals surface area contributed by atoms with Crippen LogP contribution in [-0.2, 0) is 14.4 Å². The van der Waals surface area contributed by atoms with Crippen molar-refractivity contribution in [3.05, 3.63) is 65.5 Å². The van der Waals surface area contributed by atoms with Gasteiger partial charge in [-0.1, -0.05) is 0 Å². The fourth-order valence-corrected chi connectivity index (χ4v) is 22.1. The number of nitrogens with zero attached hydrogens (tertiary/aromatic N) is 3. The van der Waals surface area contributed by atoms with Gasteiger partial charge in [0, 0.05) is 89.2 Å². The molecule has 33 nitrogen and oxygen atoms in total. The molecule has 0 aromatic heterocycles. The Hall–Kier alpha value is -1.62. The lowest BCUT2D eigenvalue weighted by Gasteiger charge is -2.27. The molecule has 1 aliphatic rings. The maximum absolute atomic E-state index is 14.8. The van der Waals surface area contributed by atoms with Crippen LogP contribution in [0, 0.1) is 32.1 Å². The van der Waals surface area contributed by atoms with Gasteiger partial charge in [-0.15, -0.1) is 0 Å². The van der Waals surface area contributed by atoms with Gasteiger partial charge in [-0.05, 0) is 203 Å². The molecule has 96 heavy (non-hydrogen) atoms. The minimum absolute atomic E-state index is 0.0634. The molecular formula is C54H69I9N12O21. The van der Waals surface area contributed by atoms with E-state index in [0.29, 0.717) is 0 Å². The summed E-state index contributed by atoms with van der Waals surface area (Å²) in [7, 11) is 0. The summed E-state index contributed by atoms with van der Waals surface area (Å²) in [5.74, 6) is -6.50. The summed E-state index contributed by atoms with van der Waals surface area (Å²) >= 11 is 16.4. The van der Waals surface area contributed by atoms with Crippen LogP contribution in [0.4, 0.5) is 17.1 Å². The van der Waals surface area contributed by atoms with Crippen molar-refractivity contribution in [3.63, 3.8) is 0 Å². The summed E-state index contributed by atoms with van der Waals surface area (Å²) in [5.41, 5.74) is -0.00801. The van der Waals surface area contributed by atoms with Gasteiger partial charge in [0.15, 0.2) is 0 Å². The van der Waals surface area contributed by atoms with Gasteiger partial charge in [0.1, 0.15) is 0 Å². The number of anilines is 3. The molecule has 0 saturated carbocycles. The van der Waals surface area contributed by atoms with Gasteiger partial charge in [0.2, 0.25) is 17.7 Å². The van der Waals surface area contributed by atoms with Crippen molar-refractivity contribution in [3.8, 4) is 0 Å². The number of aliphatic hydroxyl groups is 12. The Morgan fingerprint density at radius 2 is 0.427 bits per heavy atom. The molecule has 0 radical (unpaired) electrons. The van der Waals surface area contributed by atoms with Gasteiger partial charge in [0.25, 0.3) is 35.4 Å². The number of hydrogen-bond acceptors (Lipinski definition) is 24. The van der Waals surface area contributed by atoms with Crippen molar-refractivity contribution in [1.82, 2.24) is 46.6 Å². The SMILES string of the molecule is O=C(NCC(O)CO)c1c(I)c(NCC(=O)N2CCN(C(=O)CNc3c(I)c(C(=O)NCC(O)CO)c(I)c(C(=O)NCC(O)CO)c3I)CCN(C(=O)CNc3c(I)c(C(=O)NCC(O)CO)c(I)c(C(=O)NCC(O)CO)c3I)CC2)c(I)c(C(=O)NCC(O)CO)c1I. The Morgan fingerprint density at radius 1 is 0.281 bits per heavy atom. The summed E-state index contributed by atoms with van der Waals surface area (Å²) in [5, 5.41) is 141. The molecule has 21 N–H and O–H groups in total. The van der Waals surface area contributed by atoms with Crippen molar-refractivity contribution in [2.75, 3.05) is 154 Å². The number of carbonyl (C=O) groups is 9. The highest BCUT2D eigenvalue weighted by atomic mass is 127. The van der Waals surface area contributed by atoms with Crippen molar-refractivity contribution >= 4 is 274 Å². The quantitative estimate of drug-likeness (QED) is 0.0267. The van der Waals surface area contributed by atoms with Crippen LogP contribution in [0.1, 0.15) is 62.1 Å². The third-order valence-corrected chi connectivity index (χ3v) is 23.5. The number of carbonyl (C=O) groups excluding carboxylic acids is 9. The summed E-state index contributed by atoms with van der Waals surface area (Å²) in [6.45, 7) is -9.02. The van der Waals surface area contributed by atoms with Crippen LogP contribution in [0.5, 0.6) is 0 Å². The highest BCUT2D eigenvalue weighted by Gasteiger charge is 2.34. The second-order valence-electron chi connectivity index (χ2n) is 20.7. The van der Waals surface area contributed by atoms with E-state index in [4.69, 9.17) is 0 Å². The van der Waals surface area contributed by atoms with E-state index >= 15 is 0 Å². The first-order valence-corrected chi connectivity index (χ1v) is 38.2. The van der Waals surface area contributed by atoms with Crippen LogP contribution >= 0.6 is 203 Å². The summed E-state index contributed by atoms with van der Waals surface area (Å²) in [6.07, 6.45) is -8.06. The van der Waals surface area contributed by atoms with E-state index in [0.717, 1.165) is 0 Å². The van der Waals surface area contributed by atoms with Crippen molar-refractivity contribution in [2.24, 2.45) is 0 Å². The predicted octanol–water partition coefficient (Wildman–Crippen LogP) is -3.24. The summed E-state index contributed by atoms with van der Waals surface area (Å²) in [6, 6.07) is 0. The number of hydrogen-bond donors (Lipinski definition) is 21. The maximum Gasteiger partial charge on any atom is 0.253 e. The number of amides is 9. The van der Waals surface area contributed by atoms with E-state index in [9.17, 15) is 104 Å². The van der Waals surface area contributed by atoms with Crippen LogP contribution in [0.2, 0.25) is 0 Å². The number of rotatable bonds is 33. The molecule has 42 heteroatoms. The average molecular weight is 2360 g/mol. The van der Waals surface area contributed by atoms with Crippen molar-refractivity contribution in [1.29, 1.82) is 0 Å². The van der Waals surface area contributed by atoms with E-state index in [1.807, 2.05) is 136 Å². The zero-order valence-electron chi connectivity index (χ0n) is 50.1. The number of nitrogens with one attached hydrogen (secondary N) is 9. The van der Waals surface area contributed by atoms with E-state index in [1.54, 1.807) is 67.8 Å². The van der Waals surface area contributed by atoms with Gasteiger partial charge in [-0.3, -0.25) is 43.2 Å². The highest BCUT2D eigenvalue weighted by molar-refractivity contribution is 14.1. The topological polar surface area (TPSA) is 514 Å². The molecule has 0 spiro atoms. The normalized spacial score (nSPS) is 14.5. The Balaban J connectivity index is 1.83. The highest BCUT2D eigenvalue weighted by Crippen LogP contribution is 2.39. The lowest BCUT2D eigenvalue weighted by Crippen LogP contribution is -2.45. The first kappa shape index (κ1) is 86.8. The van der Waals surface area contributed by atoms with Crippen molar-refractivity contribution < 1.29 is 104 Å². The van der Waals surface area contributed by atoms with Crippen LogP contribution < -0.4 is 47.9 Å². The molecule has 0 bridgehead atoms. The maximum atomic E-state index is 14.8. The zero-order chi connectivity index (χ0) is 72.0. The van der Waals surface area contributed by atoms with Crippen molar-refractivity contribution in [2.45, 2.75) is 36.6 Å². The lowest BCUT2D eigenvalue weighted by atomic mass is 10.1. The molecule has 1 aliphatic heterocycles. The zero-order valence-corrected chi connectivity index (χ0v) is 69.5. The monoisotopic (exact) mass is 2360 g/mol. The Labute approximate surface area is 671 Å². The molecule has 9 amide bonds. The molecule has 6 atom stereocenters.